The lowest BCUT2D eigenvalue weighted by atomic mass is 10.2. The van der Waals surface area contributed by atoms with Crippen molar-refractivity contribution in [2.75, 3.05) is 0 Å². The van der Waals surface area contributed by atoms with Crippen molar-refractivity contribution in [3.05, 3.63) is 51.5 Å². The Morgan fingerprint density at radius 1 is 1.19 bits per heavy atom. The Balaban J connectivity index is 2.53. The van der Waals surface area contributed by atoms with Gasteiger partial charge >= 0.3 is 0 Å². The second kappa shape index (κ2) is 4.45. The molecule has 0 saturated heterocycles. The molecule has 0 aliphatic rings. The molecule has 1 aromatic heterocycles. The van der Waals surface area contributed by atoms with Crippen LogP contribution in [0.1, 0.15) is 10.4 Å². The Morgan fingerprint density at radius 3 is 2.31 bits per heavy atom. The highest BCUT2D eigenvalue weighted by Gasteiger charge is 2.17. The summed E-state index contributed by atoms with van der Waals surface area (Å²) in [5.74, 6) is -0.343. The molecule has 0 unspecified atom stereocenters. The Kier molecular flexibility index (Phi) is 3.19. The molecule has 2 aromatic rings. The van der Waals surface area contributed by atoms with Gasteiger partial charge in [-0.05, 0) is 12.1 Å². The molecule has 0 aliphatic carbocycles. The Bertz CT molecular complexity index is 514. The van der Waals surface area contributed by atoms with Gasteiger partial charge in [0.05, 0.1) is 15.6 Å². The van der Waals surface area contributed by atoms with Crippen LogP contribution in [0.25, 0.3) is 0 Å². The second-order valence-electron chi connectivity index (χ2n) is 3.02. The first-order valence-electron chi connectivity index (χ1n) is 4.27. The van der Waals surface area contributed by atoms with Crippen LogP contribution >= 0.6 is 34.8 Å². The van der Waals surface area contributed by atoms with Gasteiger partial charge in [0, 0.05) is 17.4 Å². The molecule has 1 aromatic carbocycles. The predicted molar refractivity (Wildman–Crippen MR) is 63.4 cm³/mol. The van der Waals surface area contributed by atoms with Crippen molar-refractivity contribution in [1.29, 1.82) is 0 Å². The molecule has 1 heterocycles. The van der Waals surface area contributed by atoms with Crippen molar-refractivity contribution in [3.8, 4) is 0 Å². The monoisotopic (exact) mass is 274 g/mol. The van der Waals surface area contributed by atoms with Gasteiger partial charge in [0.15, 0.2) is 0 Å². The van der Waals surface area contributed by atoms with Crippen LogP contribution in [0.3, 0.4) is 0 Å². The van der Waals surface area contributed by atoms with E-state index in [-0.39, 0.29) is 21.5 Å². The molecule has 0 fully saturated rings. The van der Waals surface area contributed by atoms with Crippen LogP contribution in [0, 0.1) is 0 Å². The summed E-state index contributed by atoms with van der Waals surface area (Å²) in [6.07, 6.45) is 4.39. The summed E-state index contributed by atoms with van der Waals surface area (Å²) >= 11 is 17.6. The van der Waals surface area contributed by atoms with E-state index in [1.165, 1.54) is 35.4 Å². The molecule has 16 heavy (non-hydrogen) atoms. The average molecular weight is 276 g/mol. The van der Waals surface area contributed by atoms with Gasteiger partial charge in [-0.15, -0.1) is 0 Å². The fourth-order valence-corrected chi connectivity index (χ4v) is 2.23. The topological polar surface area (TPSA) is 34.9 Å². The first-order chi connectivity index (χ1) is 7.59. The number of imidazole rings is 1. The van der Waals surface area contributed by atoms with Crippen LogP contribution in [0.15, 0.2) is 30.9 Å². The van der Waals surface area contributed by atoms with Crippen LogP contribution in [-0.2, 0) is 0 Å². The van der Waals surface area contributed by atoms with E-state index in [9.17, 15) is 4.79 Å². The zero-order chi connectivity index (χ0) is 11.7. The Hall–Kier alpha value is -1.03. The number of benzene rings is 1. The van der Waals surface area contributed by atoms with Gasteiger partial charge in [0.25, 0.3) is 5.91 Å². The van der Waals surface area contributed by atoms with Gasteiger partial charge in [0.2, 0.25) is 0 Å². The fraction of sp³-hybridized carbons (Fsp3) is 0. The minimum atomic E-state index is -0.343. The van der Waals surface area contributed by atoms with E-state index in [1.54, 1.807) is 0 Å². The van der Waals surface area contributed by atoms with E-state index in [2.05, 4.69) is 4.98 Å². The maximum Gasteiger partial charge on any atom is 0.266 e. The molecular formula is C10H5Cl3N2O. The second-order valence-corrected chi connectivity index (χ2v) is 4.27. The van der Waals surface area contributed by atoms with Crippen LogP contribution in [0.2, 0.25) is 15.1 Å². The fourth-order valence-electron chi connectivity index (χ4n) is 1.25. The molecule has 6 heteroatoms. The third-order valence-electron chi connectivity index (χ3n) is 1.96. The number of hydrogen-bond acceptors (Lipinski definition) is 2. The number of rotatable bonds is 1. The lowest BCUT2D eigenvalue weighted by Crippen LogP contribution is -2.11. The Labute approximate surface area is 107 Å². The molecule has 0 saturated carbocycles. The lowest BCUT2D eigenvalue weighted by molar-refractivity contribution is 0.0960. The minimum absolute atomic E-state index is 0.214. The van der Waals surface area contributed by atoms with Crippen molar-refractivity contribution >= 4 is 40.7 Å². The predicted octanol–water partition coefficient (Wildman–Crippen LogP) is 3.53. The summed E-state index contributed by atoms with van der Waals surface area (Å²) in [6, 6.07) is 2.94. The Morgan fingerprint density at radius 2 is 1.81 bits per heavy atom. The SMILES string of the molecule is O=C(c1c(Cl)cc(Cl)cc1Cl)n1ccnc1. The van der Waals surface area contributed by atoms with E-state index >= 15 is 0 Å². The molecule has 0 spiro atoms. The highest BCUT2D eigenvalue weighted by Crippen LogP contribution is 2.29. The quantitative estimate of drug-likeness (QED) is 0.798. The highest BCUT2D eigenvalue weighted by atomic mass is 35.5. The molecule has 0 bridgehead atoms. The van der Waals surface area contributed by atoms with E-state index in [1.807, 2.05) is 0 Å². The van der Waals surface area contributed by atoms with Crippen molar-refractivity contribution < 1.29 is 4.79 Å². The van der Waals surface area contributed by atoms with Crippen LogP contribution < -0.4 is 0 Å². The number of hydrogen-bond donors (Lipinski definition) is 0. The summed E-state index contributed by atoms with van der Waals surface area (Å²) in [5, 5.41) is 0.824. The minimum Gasteiger partial charge on any atom is -0.272 e. The molecule has 0 amide bonds. The normalized spacial score (nSPS) is 10.4. The summed E-state index contributed by atoms with van der Waals surface area (Å²) in [5.41, 5.74) is 0.214. The number of aromatic nitrogens is 2. The molecular weight excluding hydrogens is 270 g/mol. The molecule has 3 nitrogen and oxygen atoms in total. The number of carbonyl (C=O) groups excluding carboxylic acids is 1. The van der Waals surface area contributed by atoms with Gasteiger partial charge < -0.3 is 0 Å². The first-order valence-corrected chi connectivity index (χ1v) is 5.40. The molecule has 2 rings (SSSR count). The molecule has 0 atom stereocenters. The van der Waals surface area contributed by atoms with Gasteiger partial charge in [0.1, 0.15) is 6.33 Å². The third kappa shape index (κ3) is 2.07. The van der Waals surface area contributed by atoms with E-state index in [4.69, 9.17) is 34.8 Å². The van der Waals surface area contributed by atoms with Crippen molar-refractivity contribution in [1.82, 2.24) is 9.55 Å². The van der Waals surface area contributed by atoms with E-state index < -0.39 is 0 Å². The van der Waals surface area contributed by atoms with E-state index in [0.29, 0.717) is 5.02 Å². The molecule has 0 N–H and O–H groups in total. The highest BCUT2D eigenvalue weighted by molar-refractivity contribution is 6.42. The maximum atomic E-state index is 12.0. The standard InChI is InChI=1S/C10H5Cl3N2O/c11-6-3-7(12)9(8(13)4-6)10(16)15-2-1-14-5-15/h1-5H. The molecule has 0 aliphatic heterocycles. The molecule has 0 radical (unpaired) electrons. The van der Waals surface area contributed by atoms with Crippen molar-refractivity contribution in [2.24, 2.45) is 0 Å². The van der Waals surface area contributed by atoms with Crippen LogP contribution in [0.4, 0.5) is 0 Å². The van der Waals surface area contributed by atoms with Crippen LogP contribution in [0.5, 0.6) is 0 Å². The van der Waals surface area contributed by atoms with Gasteiger partial charge in [-0.2, -0.15) is 0 Å². The maximum absolute atomic E-state index is 12.0. The summed E-state index contributed by atoms with van der Waals surface area (Å²) in [4.78, 5) is 15.7. The lowest BCUT2D eigenvalue weighted by Gasteiger charge is -2.06. The van der Waals surface area contributed by atoms with Gasteiger partial charge in [-0.25, -0.2) is 4.98 Å². The average Bonchev–Trinajstić information content (AvgIpc) is 2.67. The number of nitrogens with zero attached hydrogens (tertiary/aromatic N) is 2. The molecule has 82 valence electrons. The van der Waals surface area contributed by atoms with Crippen molar-refractivity contribution in [3.63, 3.8) is 0 Å². The first kappa shape index (κ1) is 11.5. The zero-order valence-electron chi connectivity index (χ0n) is 7.82. The summed E-state index contributed by atoms with van der Waals surface area (Å²) in [7, 11) is 0. The third-order valence-corrected chi connectivity index (χ3v) is 2.77. The number of carbonyl (C=O) groups is 1. The summed E-state index contributed by atoms with van der Waals surface area (Å²) in [6.45, 7) is 0. The zero-order valence-corrected chi connectivity index (χ0v) is 10.1. The largest absolute Gasteiger partial charge is 0.272 e. The van der Waals surface area contributed by atoms with Gasteiger partial charge in [-0.1, -0.05) is 34.8 Å². The van der Waals surface area contributed by atoms with Crippen molar-refractivity contribution in [2.45, 2.75) is 0 Å². The number of halogens is 3. The summed E-state index contributed by atoms with van der Waals surface area (Å²) < 4.78 is 1.29. The van der Waals surface area contributed by atoms with Crippen LogP contribution in [-0.4, -0.2) is 15.5 Å². The smallest absolute Gasteiger partial charge is 0.266 e. The van der Waals surface area contributed by atoms with E-state index in [0.717, 1.165) is 0 Å². The van der Waals surface area contributed by atoms with Gasteiger partial charge in [-0.3, -0.25) is 9.36 Å².